The van der Waals surface area contributed by atoms with Gasteiger partial charge in [0.25, 0.3) is 0 Å². The maximum Gasteiger partial charge on any atom is 0.227 e. The van der Waals surface area contributed by atoms with Crippen LogP contribution in [-0.4, -0.2) is 31.1 Å². The molecule has 1 amide bonds. The van der Waals surface area contributed by atoms with E-state index in [4.69, 9.17) is 4.74 Å². The number of thiazole rings is 1. The fourth-order valence-electron chi connectivity index (χ4n) is 2.80. The Morgan fingerprint density at radius 3 is 2.74 bits per heavy atom. The Morgan fingerprint density at radius 2 is 2.09 bits per heavy atom. The lowest BCUT2D eigenvalue weighted by molar-refractivity contribution is -0.120. The highest BCUT2D eigenvalue weighted by atomic mass is 32.1. The standard InChI is InChI=1S/C17H21N3O2S/c1-12-11-18-17(23-12)20-9-7-13(8-10-20)16(21)19-14-5-3-4-6-15(14)22-2/h3-6,11,13H,7-10H2,1-2H3,(H,19,21). The van der Waals surface area contributed by atoms with Crippen molar-refractivity contribution in [2.45, 2.75) is 19.8 Å². The van der Waals surface area contributed by atoms with Crippen molar-refractivity contribution in [2.24, 2.45) is 5.92 Å². The van der Waals surface area contributed by atoms with Crippen LogP contribution in [0.15, 0.2) is 30.5 Å². The summed E-state index contributed by atoms with van der Waals surface area (Å²) in [5.41, 5.74) is 0.734. The second kappa shape index (κ2) is 7.00. The maximum absolute atomic E-state index is 12.5. The number of aromatic nitrogens is 1. The van der Waals surface area contributed by atoms with Crippen molar-refractivity contribution < 1.29 is 9.53 Å². The van der Waals surface area contributed by atoms with Crippen LogP contribution < -0.4 is 15.0 Å². The van der Waals surface area contributed by atoms with E-state index in [1.165, 1.54) is 4.88 Å². The molecule has 0 aliphatic carbocycles. The monoisotopic (exact) mass is 331 g/mol. The van der Waals surface area contributed by atoms with Crippen molar-refractivity contribution in [2.75, 3.05) is 30.4 Å². The van der Waals surface area contributed by atoms with Crippen LogP contribution in [0.5, 0.6) is 5.75 Å². The number of ether oxygens (including phenoxy) is 1. The van der Waals surface area contributed by atoms with E-state index in [1.54, 1.807) is 18.4 Å². The Labute approximate surface area is 140 Å². The Kier molecular flexibility index (Phi) is 4.81. The molecule has 0 unspecified atom stereocenters. The largest absolute Gasteiger partial charge is 0.495 e. The van der Waals surface area contributed by atoms with Crippen LogP contribution in [0.3, 0.4) is 0 Å². The number of benzene rings is 1. The minimum atomic E-state index is 0.0391. The Morgan fingerprint density at radius 1 is 1.35 bits per heavy atom. The summed E-state index contributed by atoms with van der Waals surface area (Å²) in [5, 5.41) is 4.06. The van der Waals surface area contributed by atoms with E-state index in [9.17, 15) is 4.79 Å². The zero-order valence-electron chi connectivity index (χ0n) is 13.4. The number of hydrogen-bond donors (Lipinski definition) is 1. The quantitative estimate of drug-likeness (QED) is 0.934. The molecule has 0 radical (unpaired) electrons. The molecule has 23 heavy (non-hydrogen) atoms. The molecule has 6 heteroatoms. The molecule has 2 heterocycles. The van der Waals surface area contributed by atoms with E-state index >= 15 is 0 Å². The average molecular weight is 331 g/mol. The first-order chi connectivity index (χ1) is 11.2. The van der Waals surface area contributed by atoms with E-state index in [0.717, 1.165) is 36.8 Å². The molecule has 2 aromatic rings. The maximum atomic E-state index is 12.5. The predicted octanol–water partition coefficient (Wildman–Crippen LogP) is 3.32. The van der Waals surface area contributed by atoms with E-state index in [-0.39, 0.29) is 11.8 Å². The molecule has 1 aromatic carbocycles. The first-order valence-electron chi connectivity index (χ1n) is 7.78. The van der Waals surface area contributed by atoms with Crippen molar-refractivity contribution in [1.29, 1.82) is 0 Å². The van der Waals surface area contributed by atoms with Gasteiger partial charge >= 0.3 is 0 Å². The zero-order chi connectivity index (χ0) is 16.2. The Balaban J connectivity index is 1.58. The van der Waals surface area contributed by atoms with Gasteiger partial charge in [-0.05, 0) is 31.9 Å². The van der Waals surface area contributed by atoms with E-state index in [1.807, 2.05) is 30.5 Å². The second-order valence-corrected chi connectivity index (χ2v) is 6.92. The molecule has 0 bridgehead atoms. The van der Waals surface area contributed by atoms with Crippen LogP contribution in [0.2, 0.25) is 0 Å². The molecular weight excluding hydrogens is 310 g/mol. The number of amides is 1. The number of nitrogens with one attached hydrogen (secondary N) is 1. The number of aryl methyl sites for hydroxylation is 1. The third kappa shape index (κ3) is 3.64. The van der Waals surface area contributed by atoms with Crippen molar-refractivity contribution in [3.8, 4) is 5.75 Å². The highest BCUT2D eigenvalue weighted by Crippen LogP contribution is 2.29. The van der Waals surface area contributed by atoms with Gasteiger partial charge in [0.15, 0.2) is 5.13 Å². The first kappa shape index (κ1) is 15.8. The zero-order valence-corrected chi connectivity index (χ0v) is 14.2. The number of methoxy groups -OCH3 is 1. The molecule has 0 saturated carbocycles. The summed E-state index contributed by atoms with van der Waals surface area (Å²) in [7, 11) is 1.61. The van der Waals surface area contributed by atoms with Crippen molar-refractivity contribution in [3.63, 3.8) is 0 Å². The molecular formula is C17H21N3O2S. The summed E-state index contributed by atoms with van der Waals surface area (Å²) in [4.78, 5) is 20.4. The molecule has 1 aliphatic rings. The summed E-state index contributed by atoms with van der Waals surface area (Å²) >= 11 is 1.71. The molecule has 3 rings (SSSR count). The molecule has 0 spiro atoms. The number of para-hydroxylation sites is 2. The third-order valence-electron chi connectivity index (χ3n) is 4.11. The number of rotatable bonds is 4. The number of hydrogen-bond acceptors (Lipinski definition) is 5. The molecule has 1 aliphatic heterocycles. The average Bonchev–Trinajstić information content (AvgIpc) is 3.02. The molecule has 1 aromatic heterocycles. The van der Waals surface area contributed by atoms with Crippen LogP contribution in [0.4, 0.5) is 10.8 Å². The fraction of sp³-hybridized carbons (Fsp3) is 0.412. The second-order valence-electron chi connectivity index (χ2n) is 5.70. The minimum Gasteiger partial charge on any atom is -0.495 e. The smallest absolute Gasteiger partial charge is 0.227 e. The van der Waals surface area contributed by atoms with Gasteiger partial charge in [0, 0.05) is 30.1 Å². The van der Waals surface area contributed by atoms with Crippen LogP contribution in [0, 0.1) is 12.8 Å². The molecule has 1 fully saturated rings. The lowest BCUT2D eigenvalue weighted by Crippen LogP contribution is -2.38. The van der Waals surface area contributed by atoms with Gasteiger partial charge in [-0.3, -0.25) is 4.79 Å². The Hall–Kier alpha value is -2.08. The van der Waals surface area contributed by atoms with Gasteiger partial charge in [-0.1, -0.05) is 12.1 Å². The normalized spacial score (nSPS) is 15.5. The van der Waals surface area contributed by atoms with Crippen molar-refractivity contribution >= 4 is 28.1 Å². The number of piperidine rings is 1. The number of anilines is 2. The lowest BCUT2D eigenvalue weighted by atomic mass is 9.96. The number of carbonyl (C=O) groups is 1. The van der Waals surface area contributed by atoms with Gasteiger partial charge in [0.2, 0.25) is 5.91 Å². The van der Waals surface area contributed by atoms with Gasteiger partial charge in [0.1, 0.15) is 5.75 Å². The third-order valence-corrected chi connectivity index (χ3v) is 5.08. The van der Waals surface area contributed by atoms with Crippen molar-refractivity contribution in [1.82, 2.24) is 4.98 Å². The van der Waals surface area contributed by atoms with Gasteiger partial charge in [-0.15, -0.1) is 11.3 Å². The predicted molar refractivity (Wildman–Crippen MR) is 93.4 cm³/mol. The number of carbonyl (C=O) groups excluding carboxylic acids is 1. The van der Waals surface area contributed by atoms with Gasteiger partial charge in [0.05, 0.1) is 12.8 Å². The summed E-state index contributed by atoms with van der Waals surface area (Å²) in [6.45, 7) is 3.81. The van der Waals surface area contributed by atoms with Crippen LogP contribution >= 0.6 is 11.3 Å². The fourth-order valence-corrected chi connectivity index (χ4v) is 3.62. The van der Waals surface area contributed by atoms with Crippen LogP contribution in [-0.2, 0) is 4.79 Å². The highest BCUT2D eigenvalue weighted by Gasteiger charge is 2.26. The van der Waals surface area contributed by atoms with E-state index < -0.39 is 0 Å². The summed E-state index contributed by atoms with van der Waals surface area (Å²) in [6, 6.07) is 7.50. The number of nitrogens with zero attached hydrogens (tertiary/aromatic N) is 2. The lowest BCUT2D eigenvalue weighted by Gasteiger charge is -2.31. The van der Waals surface area contributed by atoms with E-state index in [0.29, 0.717) is 5.75 Å². The molecule has 122 valence electrons. The van der Waals surface area contributed by atoms with Gasteiger partial charge in [-0.2, -0.15) is 0 Å². The molecule has 1 N–H and O–H groups in total. The summed E-state index contributed by atoms with van der Waals surface area (Å²) in [5.74, 6) is 0.804. The SMILES string of the molecule is COc1ccccc1NC(=O)C1CCN(c2ncc(C)s2)CC1. The minimum absolute atomic E-state index is 0.0391. The molecule has 0 atom stereocenters. The summed E-state index contributed by atoms with van der Waals surface area (Å²) < 4.78 is 5.28. The van der Waals surface area contributed by atoms with E-state index in [2.05, 4.69) is 22.1 Å². The van der Waals surface area contributed by atoms with Crippen LogP contribution in [0.25, 0.3) is 0 Å². The topological polar surface area (TPSA) is 54.5 Å². The molecule has 1 saturated heterocycles. The summed E-state index contributed by atoms with van der Waals surface area (Å²) in [6.07, 6.45) is 3.60. The molecule has 5 nitrogen and oxygen atoms in total. The van der Waals surface area contributed by atoms with Crippen molar-refractivity contribution in [3.05, 3.63) is 35.3 Å². The van der Waals surface area contributed by atoms with Gasteiger partial charge in [-0.25, -0.2) is 4.98 Å². The Bertz CT molecular complexity index is 678. The van der Waals surface area contributed by atoms with Gasteiger partial charge < -0.3 is 15.0 Å². The highest BCUT2D eigenvalue weighted by molar-refractivity contribution is 7.15. The van der Waals surface area contributed by atoms with Crippen LogP contribution in [0.1, 0.15) is 17.7 Å². The first-order valence-corrected chi connectivity index (χ1v) is 8.60.